The van der Waals surface area contributed by atoms with Crippen LogP contribution in [-0.2, 0) is 14.6 Å². The SMILES string of the molecule is Cc1cccc(C(=O)NCCC(=O)Nc2nc3ccc(S(C)(=O)=O)cc3s2)c1. The summed E-state index contributed by atoms with van der Waals surface area (Å²) in [6, 6.07) is 11.8. The summed E-state index contributed by atoms with van der Waals surface area (Å²) in [6.07, 6.45) is 1.24. The molecule has 0 spiro atoms. The van der Waals surface area contributed by atoms with Crippen LogP contribution in [0.25, 0.3) is 10.2 Å². The van der Waals surface area contributed by atoms with E-state index in [1.165, 1.54) is 17.4 Å². The van der Waals surface area contributed by atoms with Crippen LogP contribution in [-0.4, -0.2) is 38.0 Å². The molecule has 7 nitrogen and oxygen atoms in total. The van der Waals surface area contributed by atoms with Crippen LogP contribution in [0.3, 0.4) is 0 Å². The van der Waals surface area contributed by atoms with Gasteiger partial charge < -0.3 is 10.6 Å². The number of nitrogens with one attached hydrogen (secondary N) is 2. The molecule has 0 saturated carbocycles. The van der Waals surface area contributed by atoms with Crippen molar-refractivity contribution in [1.82, 2.24) is 10.3 Å². The zero-order valence-electron chi connectivity index (χ0n) is 15.4. The summed E-state index contributed by atoms with van der Waals surface area (Å²) in [4.78, 5) is 28.7. The molecule has 0 aliphatic carbocycles. The number of sulfone groups is 1. The summed E-state index contributed by atoms with van der Waals surface area (Å²) in [6.45, 7) is 2.10. The topological polar surface area (TPSA) is 105 Å². The molecule has 0 radical (unpaired) electrons. The molecule has 3 rings (SSSR count). The molecular weight excluding hydrogens is 398 g/mol. The molecule has 2 aromatic carbocycles. The Morgan fingerprint density at radius 3 is 2.64 bits per heavy atom. The summed E-state index contributed by atoms with van der Waals surface area (Å²) >= 11 is 1.20. The van der Waals surface area contributed by atoms with Gasteiger partial charge in [0, 0.05) is 24.8 Å². The molecule has 0 fully saturated rings. The number of hydrogen-bond donors (Lipinski definition) is 2. The number of nitrogens with zero attached hydrogens (tertiary/aromatic N) is 1. The number of hydrogen-bond acceptors (Lipinski definition) is 6. The molecular formula is C19H19N3O4S2. The van der Waals surface area contributed by atoms with Gasteiger partial charge >= 0.3 is 0 Å². The van der Waals surface area contributed by atoms with E-state index in [1.807, 2.05) is 13.0 Å². The van der Waals surface area contributed by atoms with Crippen molar-refractivity contribution in [3.05, 3.63) is 53.6 Å². The van der Waals surface area contributed by atoms with Gasteiger partial charge in [0.25, 0.3) is 5.91 Å². The first kappa shape index (κ1) is 20.0. The van der Waals surface area contributed by atoms with Gasteiger partial charge in [-0.15, -0.1) is 0 Å². The fourth-order valence-corrected chi connectivity index (χ4v) is 4.19. The lowest BCUT2D eigenvalue weighted by atomic mass is 10.1. The zero-order valence-corrected chi connectivity index (χ0v) is 17.0. The van der Waals surface area contributed by atoms with E-state index in [9.17, 15) is 18.0 Å². The molecule has 2 N–H and O–H groups in total. The van der Waals surface area contributed by atoms with Gasteiger partial charge in [-0.25, -0.2) is 13.4 Å². The number of anilines is 1. The number of carbonyl (C=O) groups is 2. The van der Waals surface area contributed by atoms with E-state index in [4.69, 9.17) is 0 Å². The third kappa shape index (κ3) is 4.93. The number of carbonyl (C=O) groups excluding carboxylic acids is 2. The number of rotatable bonds is 6. The molecule has 3 aromatic rings. The highest BCUT2D eigenvalue weighted by atomic mass is 32.2. The molecule has 0 bridgehead atoms. The van der Waals surface area contributed by atoms with Crippen LogP contribution >= 0.6 is 11.3 Å². The predicted molar refractivity (Wildman–Crippen MR) is 109 cm³/mol. The normalized spacial score (nSPS) is 11.4. The fourth-order valence-electron chi connectivity index (χ4n) is 2.55. The van der Waals surface area contributed by atoms with Crippen molar-refractivity contribution in [2.45, 2.75) is 18.2 Å². The summed E-state index contributed by atoms with van der Waals surface area (Å²) in [7, 11) is -3.30. The third-order valence-electron chi connectivity index (χ3n) is 3.95. The standard InChI is InChI=1S/C19H19N3O4S2/c1-12-4-3-5-13(10-12)18(24)20-9-8-17(23)22-19-21-15-7-6-14(28(2,25)26)11-16(15)27-19/h3-7,10-11H,8-9H2,1-2H3,(H,20,24)(H,21,22,23). The van der Waals surface area contributed by atoms with Crippen LogP contribution in [0.5, 0.6) is 0 Å². The second-order valence-corrected chi connectivity index (χ2v) is 9.39. The highest BCUT2D eigenvalue weighted by Gasteiger charge is 2.12. The van der Waals surface area contributed by atoms with Gasteiger partial charge in [-0.3, -0.25) is 9.59 Å². The van der Waals surface area contributed by atoms with Crippen molar-refractivity contribution in [1.29, 1.82) is 0 Å². The van der Waals surface area contributed by atoms with Gasteiger partial charge in [-0.1, -0.05) is 29.0 Å². The number of aromatic nitrogens is 1. The number of fused-ring (bicyclic) bond motifs is 1. The highest BCUT2D eigenvalue weighted by molar-refractivity contribution is 7.90. The Morgan fingerprint density at radius 1 is 1.14 bits per heavy atom. The van der Waals surface area contributed by atoms with Gasteiger partial charge in [0.15, 0.2) is 15.0 Å². The molecule has 9 heteroatoms. The maximum absolute atomic E-state index is 12.1. The van der Waals surface area contributed by atoms with Crippen molar-refractivity contribution in [2.75, 3.05) is 18.1 Å². The first-order valence-electron chi connectivity index (χ1n) is 8.48. The van der Waals surface area contributed by atoms with Crippen molar-refractivity contribution >= 4 is 48.3 Å². The maximum Gasteiger partial charge on any atom is 0.251 e. The van der Waals surface area contributed by atoms with Gasteiger partial charge in [-0.05, 0) is 37.3 Å². The van der Waals surface area contributed by atoms with E-state index in [-0.39, 0.29) is 29.7 Å². The summed E-state index contributed by atoms with van der Waals surface area (Å²) < 4.78 is 23.9. The molecule has 28 heavy (non-hydrogen) atoms. The molecule has 1 heterocycles. The average molecular weight is 418 g/mol. The molecule has 0 atom stereocenters. The fraction of sp³-hybridized carbons (Fsp3) is 0.211. The maximum atomic E-state index is 12.1. The highest BCUT2D eigenvalue weighted by Crippen LogP contribution is 2.28. The Labute approximate surface area is 166 Å². The summed E-state index contributed by atoms with van der Waals surface area (Å²) in [5.74, 6) is -0.517. The molecule has 2 amide bonds. The van der Waals surface area contributed by atoms with E-state index in [2.05, 4.69) is 15.6 Å². The second-order valence-electron chi connectivity index (χ2n) is 6.34. The molecule has 0 aliphatic heterocycles. The molecule has 0 aliphatic rings. The number of thiazole rings is 1. The largest absolute Gasteiger partial charge is 0.352 e. The van der Waals surface area contributed by atoms with Crippen LogP contribution in [0, 0.1) is 6.92 Å². The van der Waals surface area contributed by atoms with Crippen LogP contribution < -0.4 is 10.6 Å². The van der Waals surface area contributed by atoms with Gasteiger partial charge in [-0.2, -0.15) is 0 Å². The second kappa shape index (κ2) is 8.07. The molecule has 0 unspecified atom stereocenters. The van der Waals surface area contributed by atoms with E-state index in [0.717, 1.165) is 11.8 Å². The van der Waals surface area contributed by atoms with Crippen LogP contribution in [0.1, 0.15) is 22.3 Å². The summed E-state index contributed by atoms with van der Waals surface area (Å²) in [5, 5.41) is 5.77. The Kier molecular flexibility index (Phi) is 5.76. The first-order valence-corrected chi connectivity index (χ1v) is 11.2. The van der Waals surface area contributed by atoms with Crippen molar-refractivity contribution in [3.8, 4) is 0 Å². The number of benzene rings is 2. The Morgan fingerprint density at radius 2 is 1.93 bits per heavy atom. The quantitative estimate of drug-likeness (QED) is 0.642. The van der Waals surface area contributed by atoms with E-state index >= 15 is 0 Å². The van der Waals surface area contributed by atoms with Crippen LogP contribution in [0.15, 0.2) is 47.4 Å². The molecule has 146 valence electrons. The Bertz CT molecular complexity index is 1150. The lowest BCUT2D eigenvalue weighted by Gasteiger charge is -2.05. The Balaban J connectivity index is 1.56. The smallest absolute Gasteiger partial charge is 0.251 e. The summed E-state index contributed by atoms with van der Waals surface area (Å²) in [5.41, 5.74) is 2.15. The Hall–Kier alpha value is -2.78. The van der Waals surface area contributed by atoms with Gasteiger partial charge in [0.05, 0.1) is 15.1 Å². The van der Waals surface area contributed by atoms with Crippen molar-refractivity contribution in [3.63, 3.8) is 0 Å². The molecule has 0 saturated heterocycles. The average Bonchev–Trinajstić information content (AvgIpc) is 3.02. The monoisotopic (exact) mass is 417 g/mol. The van der Waals surface area contributed by atoms with E-state index in [0.29, 0.717) is 20.9 Å². The van der Waals surface area contributed by atoms with Crippen molar-refractivity contribution < 1.29 is 18.0 Å². The van der Waals surface area contributed by atoms with Crippen LogP contribution in [0.2, 0.25) is 0 Å². The number of aryl methyl sites for hydroxylation is 1. The minimum absolute atomic E-state index is 0.0993. The van der Waals surface area contributed by atoms with E-state index < -0.39 is 9.84 Å². The lowest BCUT2D eigenvalue weighted by Crippen LogP contribution is -2.27. The van der Waals surface area contributed by atoms with E-state index in [1.54, 1.807) is 30.3 Å². The molecule has 1 aromatic heterocycles. The minimum Gasteiger partial charge on any atom is -0.352 e. The van der Waals surface area contributed by atoms with Crippen LogP contribution in [0.4, 0.5) is 5.13 Å². The van der Waals surface area contributed by atoms with Gasteiger partial charge in [0.1, 0.15) is 0 Å². The first-order chi connectivity index (χ1) is 13.2. The third-order valence-corrected chi connectivity index (χ3v) is 6.00. The van der Waals surface area contributed by atoms with Gasteiger partial charge in [0.2, 0.25) is 5.91 Å². The predicted octanol–water partition coefficient (Wildman–Crippen LogP) is 2.77. The lowest BCUT2D eigenvalue weighted by molar-refractivity contribution is -0.116. The minimum atomic E-state index is -3.30. The number of amides is 2. The van der Waals surface area contributed by atoms with Crippen molar-refractivity contribution in [2.24, 2.45) is 0 Å². The zero-order chi connectivity index (χ0) is 20.3.